The summed E-state index contributed by atoms with van der Waals surface area (Å²) in [5.41, 5.74) is 2.65. The van der Waals surface area contributed by atoms with Crippen LogP contribution in [-0.2, 0) is 16.0 Å². The Morgan fingerprint density at radius 1 is 0.962 bits per heavy atom. The lowest BCUT2D eigenvalue weighted by Crippen LogP contribution is -2.15. The van der Waals surface area contributed by atoms with Crippen LogP contribution in [0.1, 0.15) is 46.0 Å². The topological polar surface area (TPSA) is 72.5 Å². The van der Waals surface area contributed by atoms with E-state index in [4.69, 9.17) is 4.74 Å². The highest BCUT2D eigenvalue weighted by Crippen LogP contribution is 2.30. The number of carbonyl (C=O) groups is 3. The molecule has 1 N–H and O–H groups in total. The molecule has 0 spiro atoms. The van der Waals surface area contributed by atoms with Crippen molar-refractivity contribution < 1.29 is 19.1 Å². The molecule has 2 aromatic carbocycles. The summed E-state index contributed by atoms with van der Waals surface area (Å²) in [6.45, 7) is 1.74. The molecule has 0 aromatic heterocycles. The number of amides is 1. The molecule has 1 amide bonds. The molecule has 134 valence electrons. The van der Waals surface area contributed by atoms with E-state index >= 15 is 0 Å². The maximum atomic E-state index is 12.1. The number of benzene rings is 2. The standard InChI is InChI=1S/C21H21NO4/c1-2-14-3-5-15(6-4-14)19(23)13-26-21(25)17-9-11-18(12-10-17)22-20(24)16-7-8-16/h3-6,9-12,16H,2,7-8,13H2,1H3,(H,22,24). The zero-order valence-electron chi connectivity index (χ0n) is 14.7. The van der Waals surface area contributed by atoms with Crippen molar-refractivity contribution in [2.45, 2.75) is 26.2 Å². The Morgan fingerprint density at radius 2 is 1.58 bits per heavy atom. The summed E-state index contributed by atoms with van der Waals surface area (Å²) in [5, 5.41) is 2.81. The fourth-order valence-corrected chi connectivity index (χ4v) is 2.50. The normalized spacial score (nSPS) is 13.1. The largest absolute Gasteiger partial charge is 0.454 e. The Bertz CT molecular complexity index is 805. The van der Waals surface area contributed by atoms with Gasteiger partial charge in [-0.05, 0) is 49.1 Å². The molecule has 5 nitrogen and oxygen atoms in total. The van der Waals surface area contributed by atoms with Gasteiger partial charge in [0, 0.05) is 17.2 Å². The van der Waals surface area contributed by atoms with Crippen LogP contribution in [0.4, 0.5) is 5.69 Å². The molecule has 1 aliphatic carbocycles. The zero-order valence-corrected chi connectivity index (χ0v) is 14.7. The monoisotopic (exact) mass is 351 g/mol. The van der Waals surface area contributed by atoms with Crippen LogP contribution in [0.5, 0.6) is 0 Å². The summed E-state index contributed by atoms with van der Waals surface area (Å²) in [6, 6.07) is 13.7. The fraction of sp³-hybridized carbons (Fsp3) is 0.286. The van der Waals surface area contributed by atoms with Crippen LogP contribution in [0.25, 0.3) is 0 Å². The first-order valence-corrected chi connectivity index (χ1v) is 8.77. The van der Waals surface area contributed by atoms with Gasteiger partial charge in [-0.25, -0.2) is 4.79 Å². The van der Waals surface area contributed by atoms with E-state index in [1.54, 1.807) is 36.4 Å². The number of ketones is 1. The highest BCUT2D eigenvalue weighted by molar-refractivity contribution is 5.99. The van der Waals surface area contributed by atoms with Crippen LogP contribution >= 0.6 is 0 Å². The smallest absolute Gasteiger partial charge is 0.338 e. The number of ether oxygens (including phenoxy) is 1. The first kappa shape index (κ1) is 17.9. The lowest BCUT2D eigenvalue weighted by atomic mass is 10.1. The SMILES string of the molecule is CCc1ccc(C(=O)COC(=O)c2ccc(NC(=O)C3CC3)cc2)cc1. The van der Waals surface area contributed by atoms with E-state index in [0.717, 1.165) is 24.8 Å². The molecular formula is C21H21NO4. The Balaban J connectivity index is 1.52. The van der Waals surface area contributed by atoms with Gasteiger partial charge in [0.2, 0.25) is 5.91 Å². The van der Waals surface area contributed by atoms with Gasteiger partial charge in [0.1, 0.15) is 0 Å². The minimum atomic E-state index is -0.566. The summed E-state index contributed by atoms with van der Waals surface area (Å²) in [6.07, 6.45) is 2.78. The van der Waals surface area contributed by atoms with Crippen LogP contribution < -0.4 is 5.32 Å². The van der Waals surface area contributed by atoms with E-state index < -0.39 is 5.97 Å². The predicted octanol–water partition coefficient (Wildman–Crippen LogP) is 3.64. The van der Waals surface area contributed by atoms with Gasteiger partial charge in [-0.15, -0.1) is 0 Å². The second-order valence-corrected chi connectivity index (χ2v) is 6.39. The maximum absolute atomic E-state index is 12.1. The lowest BCUT2D eigenvalue weighted by molar-refractivity contribution is -0.117. The quantitative estimate of drug-likeness (QED) is 0.611. The minimum absolute atomic E-state index is 0.0139. The predicted molar refractivity (Wildman–Crippen MR) is 98.2 cm³/mol. The molecule has 1 fully saturated rings. The third kappa shape index (κ3) is 4.57. The molecule has 0 heterocycles. The number of rotatable bonds is 7. The number of hydrogen-bond acceptors (Lipinski definition) is 4. The average molecular weight is 351 g/mol. The van der Waals surface area contributed by atoms with Crippen molar-refractivity contribution in [1.82, 2.24) is 0 Å². The number of anilines is 1. The fourth-order valence-electron chi connectivity index (χ4n) is 2.50. The summed E-state index contributed by atoms with van der Waals surface area (Å²) < 4.78 is 5.09. The Morgan fingerprint density at radius 3 is 2.15 bits per heavy atom. The van der Waals surface area contributed by atoms with E-state index in [2.05, 4.69) is 5.32 Å². The van der Waals surface area contributed by atoms with Crippen molar-refractivity contribution in [1.29, 1.82) is 0 Å². The zero-order chi connectivity index (χ0) is 18.5. The molecule has 0 unspecified atom stereocenters. The van der Waals surface area contributed by atoms with Crippen LogP contribution in [0.15, 0.2) is 48.5 Å². The number of esters is 1. The summed E-state index contributed by atoms with van der Waals surface area (Å²) in [4.78, 5) is 35.9. The van der Waals surface area contributed by atoms with Crippen molar-refractivity contribution >= 4 is 23.3 Å². The first-order chi connectivity index (χ1) is 12.6. The number of hydrogen-bond donors (Lipinski definition) is 1. The number of nitrogens with one attached hydrogen (secondary N) is 1. The van der Waals surface area contributed by atoms with Crippen molar-refractivity contribution in [3.05, 3.63) is 65.2 Å². The molecule has 5 heteroatoms. The van der Waals surface area contributed by atoms with Gasteiger partial charge in [-0.3, -0.25) is 9.59 Å². The molecular weight excluding hydrogens is 330 g/mol. The van der Waals surface area contributed by atoms with E-state index in [-0.39, 0.29) is 24.2 Å². The molecule has 2 aromatic rings. The Hall–Kier alpha value is -2.95. The molecule has 0 atom stereocenters. The second kappa shape index (κ2) is 7.95. The van der Waals surface area contributed by atoms with Crippen LogP contribution in [0.3, 0.4) is 0 Å². The van der Waals surface area contributed by atoms with E-state index in [0.29, 0.717) is 16.8 Å². The lowest BCUT2D eigenvalue weighted by Gasteiger charge is -2.07. The minimum Gasteiger partial charge on any atom is -0.454 e. The van der Waals surface area contributed by atoms with Crippen molar-refractivity contribution in [2.24, 2.45) is 5.92 Å². The van der Waals surface area contributed by atoms with Gasteiger partial charge in [-0.1, -0.05) is 31.2 Å². The first-order valence-electron chi connectivity index (χ1n) is 8.77. The third-order valence-electron chi connectivity index (χ3n) is 4.35. The number of Topliss-reactive ketones (excluding diaryl/α,β-unsaturated/α-hetero) is 1. The number of carbonyl (C=O) groups excluding carboxylic acids is 3. The molecule has 0 aliphatic heterocycles. The summed E-state index contributed by atoms with van der Waals surface area (Å²) in [5.74, 6) is -0.671. The Labute approximate surface area is 152 Å². The average Bonchev–Trinajstić information content (AvgIpc) is 3.52. The highest BCUT2D eigenvalue weighted by Gasteiger charge is 2.29. The Kier molecular flexibility index (Phi) is 5.46. The molecule has 1 saturated carbocycles. The van der Waals surface area contributed by atoms with Crippen molar-refractivity contribution in [3.8, 4) is 0 Å². The molecule has 26 heavy (non-hydrogen) atoms. The van der Waals surface area contributed by atoms with Crippen LogP contribution in [0.2, 0.25) is 0 Å². The molecule has 3 rings (SSSR count). The van der Waals surface area contributed by atoms with Gasteiger partial charge in [0.15, 0.2) is 12.4 Å². The van der Waals surface area contributed by atoms with Crippen LogP contribution in [0, 0.1) is 5.92 Å². The molecule has 1 aliphatic rings. The van der Waals surface area contributed by atoms with Crippen LogP contribution in [-0.4, -0.2) is 24.3 Å². The second-order valence-electron chi connectivity index (χ2n) is 6.39. The van der Waals surface area contributed by atoms with Gasteiger partial charge in [0.25, 0.3) is 0 Å². The van der Waals surface area contributed by atoms with E-state index in [1.807, 2.05) is 19.1 Å². The summed E-state index contributed by atoms with van der Waals surface area (Å²) in [7, 11) is 0. The van der Waals surface area contributed by atoms with E-state index in [9.17, 15) is 14.4 Å². The molecule has 0 radical (unpaired) electrons. The van der Waals surface area contributed by atoms with Gasteiger partial charge >= 0.3 is 5.97 Å². The molecule has 0 saturated heterocycles. The van der Waals surface area contributed by atoms with Crippen molar-refractivity contribution in [3.63, 3.8) is 0 Å². The van der Waals surface area contributed by atoms with Gasteiger partial charge < -0.3 is 10.1 Å². The van der Waals surface area contributed by atoms with Gasteiger partial charge in [-0.2, -0.15) is 0 Å². The van der Waals surface area contributed by atoms with Crippen molar-refractivity contribution in [2.75, 3.05) is 11.9 Å². The maximum Gasteiger partial charge on any atom is 0.338 e. The van der Waals surface area contributed by atoms with E-state index in [1.165, 1.54) is 0 Å². The molecule has 0 bridgehead atoms. The highest BCUT2D eigenvalue weighted by atomic mass is 16.5. The van der Waals surface area contributed by atoms with Gasteiger partial charge in [0.05, 0.1) is 5.56 Å². The third-order valence-corrected chi connectivity index (χ3v) is 4.35. The summed E-state index contributed by atoms with van der Waals surface area (Å²) >= 11 is 0. The number of aryl methyl sites for hydroxylation is 1.